The number of anilines is 1. The first-order valence-corrected chi connectivity index (χ1v) is 6.55. The van der Waals surface area contributed by atoms with Crippen LogP contribution in [0.1, 0.15) is 34.6 Å². The standard InChI is InChI=1S/C15H23NO4/c1-10(2)19-13-8-11(7-12(9-13)18-6)16-14(17)20-15(3,4)5/h7-10H,1-6H3,(H,16,17). The van der Waals surface area contributed by atoms with Crippen molar-refractivity contribution < 1.29 is 19.0 Å². The van der Waals surface area contributed by atoms with E-state index in [1.807, 2.05) is 34.6 Å². The van der Waals surface area contributed by atoms with Crippen molar-refractivity contribution in [2.75, 3.05) is 12.4 Å². The van der Waals surface area contributed by atoms with Crippen molar-refractivity contribution in [3.8, 4) is 11.5 Å². The molecular weight excluding hydrogens is 258 g/mol. The van der Waals surface area contributed by atoms with Crippen molar-refractivity contribution >= 4 is 11.8 Å². The van der Waals surface area contributed by atoms with E-state index in [-0.39, 0.29) is 6.10 Å². The lowest BCUT2D eigenvalue weighted by molar-refractivity contribution is 0.0636. The largest absolute Gasteiger partial charge is 0.497 e. The highest BCUT2D eigenvalue weighted by atomic mass is 16.6. The zero-order valence-electron chi connectivity index (χ0n) is 12.9. The van der Waals surface area contributed by atoms with Crippen LogP contribution in [0.25, 0.3) is 0 Å². The predicted octanol–water partition coefficient (Wildman–Crippen LogP) is 3.83. The van der Waals surface area contributed by atoms with Crippen molar-refractivity contribution in [2.45, 2.75) is 46.3 Å². The lowest BCUT2D eigenvalue weighted by Crippen LogP contribution is -2.27. The van der Waals surface area contributed by atoms with Crippen LogP contribution < -0.4 is 14.8 Å². The molecule has 112 valence electrons. The van der Waals surface area contributed by atoms with Gasteiger partial charge in [-0.05, 0) is 34.6 Å². The summed E-state index contributed by atoms with van der Waals surface area (Å²) in [4.78, 5) is 11.7. The predicted molar refractivity (Wildman–Crippen MR) is 78.6 cm³/mol. The van der Waals surface area contributed by atoms with E-state index in [1.54, 1.807) is 25.3 Å². The number of methoxy groups -OCH3 is 1. The van der Waals surface area contributed by atoms with E-state index in [0.29, 0.717) is 17.2 Å². The quantitative estimate of drug-likeness (QED) is 0.911. The summed E-state index contributed by atoms with van der Waals surface area (Å²) in [6.07, 6.45) is -0.474. The van der Waals surface area contributed by atoms with Crippen molar-refractivity contribution in [2.24, 2.45) is 0 Å². The van der Waals surface area contributed by atoms with Gasteiger partial charge in [0.25, 0.3) is 0 Å². The minimum Gasteiger partial charge on any atom is -0.497 e. The number of amides is 1. The molecule has 1 rings (SSSR count). The molecule has 0 fully saturated rings. The third-order valence-corrected chi connectivity index (χ3v) is 2.13. The molecule has 0 aliphatic rings. The molecule has 1 aromatic rings. The lowest BCUT2D eigenvalue weighted by Gasteiger charge is -2.20. The monoisotopic (exact) mass is 281 g/mol. The number of ether oxygens (including phenoxy) is 3. The van der Waals surface area contributed by atoms with Gasteiger partial charge < -0.3 is 14.2 Å². The summed E-state index contributed by atoms with van der Waals surface area (Å²) >= 11 is 0. The molecule has 1 N–H and O–H groups in total. The maximum Gasteiger partial charge on any atom is 0.412 e. The molecule has 0 saturated heterocycles. The molecule has 5 heteroatoms. The molecule has 0 unspecified atom stereocenters. The molecule has 20 heavy (non-hydrogen) atoms. The molecule has 0 heterocycles. The molecule has 0 saturated carbocycles. The fourth-order valence-electron chi connectivity index (χ4n) is 1.52. The van der Waals surface area contributed by atoms with Gasteiger partial charge >= 0.3 is 6.09 Å². The number of rotatable bonds is 4. The average molecular weight is 281 g/mol. The Hall–Kier alpha value is -1.91. The molecule has 0 aliphatic heterocycles. The van der Waals surface area contributed by atoms with Crippen molar-refractivity contribution in [1.82, 2.24) is 0 Å². The van der Waals surface area contributed by atoms with Crippen LogP contribution in [-0.2, 0) is 4.74 Å². The number of carbonyl (C=O) groups is 1. The first-order valence-electron chi connectivity index (χ1n) is 6.55. The van der Waals surface area contributed by atoms with Gasteiger partial charge in [0.15, 0.2) is 0 Å². The van der Waals surface area contributed by atoms with Crippen LogP contribution >= 0.6 is 0 Å². The Morgan fingerprint density at radius 3 is 2.25 bits per heavy atom. The topological polar surface area (TPSA) is 56.8 Å². The number of benzene rings is 1. The van der Waals surface area contributed by atoms with E-state index in [1.165, 1.54) is 0 Å². The fraction of sp³-hybridized carbons (Fsp3) is 0.533. The summed E-state index contributed by atoms with van der Waals surface area (Å²) in [5, 5.41) is 2.67. The minimum atomic E-state index is -0.541. The summed E-state index contributed by atoms with van der Waals surface area (Å²) in [7, 11) is 1.56. The van der Waals surface area contributed by atoms with E-state index in [4.69, 9.17) is 14.2 Å². The Morgan fingerprint density at radius 2 is 1.75 bits per heavy atom. The Kier molecular flexibility index (Phi) is 5.25. The van der Waals surface area contributed by atoms with Crippen LogP contribution in [0.5, 0.6) is 11.5 Å². The van der Waals surface area contributed by atoms with Gasteiger partial charge in [0, 0.05) is 18.2 Å². The van der Waals surface area contributed by atoms with Gasteiger partial charge in [0.1, 0.15) is 17.1 Å². The van der Waals surface area contributed by atoms with Gasteiger partial charge in [-0.1, -0.05) is 0 Å². The first kappa shape index (κ1) is 16.1. The van der Waals surface area contributed by atoms with Crippen LogP contribution in [-0.4, -0.2) is 24.9 Å². The number of carbonyl (C=O) groups excluding carboxylic acids is 1. The van der Waals surface area contributed by atoms with E-state index < -0.39 is 11.7 Å². The zero-order valence-corrected chi connectivity index (χ0v) is 12.9. The second-order valence-electron chi connectivity index (χ2n) is 5.69. The fourth-order valence-corrected chi connectivity index (χ4v) is 1.52. The van der Waals surface area contributed by atoms with E-state index in [2.05, 4.69) is 5.32 Å². The Balaban J connectivity index is 2.86. The molecule has 5 nitrogen and oxygen atoms in total. The van der Waals surface area contributed by atoms with Crippen LogP contribution in [0.4, 0.5) is 10.5 Å². The van der Waals surface area contributed by atoms with Gasteiger partial charge in [-0.3, -0.25) is 5.32 Å². The highest BCUT2D eigenvalue weighted by Gasteiger charge is 2.16. The molecule has 1 aromatic carbocycles. The summed E-state index contributed by atoms with van der Waals surface area (Å²) in [5.41, 5.74) is 0.0227. The number of hydrogen-bond donors (Lipinski definition) is 1. The van der Waals surface area contributed by atoms with Gasteiger partial charge in [0.2, 0.25) is 0 Å². The summed E-state index contributed by atoms with van der Waals surface area (Å²) in [6.45, 7) is 9.29. The average Bonchev–Trinajstić information content (AvgIpc) is 2.24. The summed E-state index contributed by atoms with van der Waals surface area (Å²) < 4.78 is 16.0. The molecule has 0 radical (unpaired) electrons. The second-order valence-corrected chi connectivity index (χ2v) is 5.69. The molecule has 0 aliphatic carbocycles. The number of hydrogen-bond acceptors (Lipinski definition) is 4. The summed E-state index contributed by atoms with van der Waals surface area (Å²) in [6, 6.07) is 5.20. The van der Waals surface area contributed by atoms with Gasteiger partial charge in [-0.15, -0.1) is 0 Å². The summed E-state index contributed by atoms with van der Waals surface area (Å²) in [5.74, 6) is 1.24. The van der Waals surface area contributed by atoms with Gasteiger partial charge in [-0.2, -0.15) is 0 Å². The Labute approximate surface area is 120 Å². The molecule has 0 bridgehead atoms. The van der Waals surface area contributed by atoms with Crippen molar-refractivity contribution in [3.63, 3.8) is 0 Å². The highest BCUT2D eigenvalue weighted by molar-refractivity contribution is 5.85. The normalized spacial score (nSPS) is 11.2. The minimum absolute atomic E-state index is 0.0384. The van der Waals surface area contributed by atoms with Gasteiger partial charge in [0.05, 0.1) is 18.9 Å². The maximum absolute atomic E-state index is 11.7. The smallest absolute Gasteiger partial charge is 0.412 e. The van der Waals surface area contributed by atoms with Crippen molar-refractivity contribution in [3.05, 3.63) is 18.2 Å². The van der Waals surface area contributed by atoms with Crippen LogP contribution in [0.3, 0.4) is 0 Å². The molecular formula is C15H23NO4. The van der Waals surface area contributed by atoms with E-state index >= 15 is 0 Å². The Morgan fingerprint density at radius 1 is 1.15 bits per heavy atom. The Bertz CT molecular complexity index is 463. The maximum atomic E-state index is 11.7. The lowest BCUT2D eigenvalue weighted by atomic mass is 10.2. The molecule has 1 amide bonds. The zero-order chi connectivity index (χ0) is 15.3. The second kappa shape index (κ2) is 6.50. The number of nitrogens with one attached hydrogen (secondary N) is 1. The van der Waals surface area contributed by atoms with Crippen LogP contribution in [0, 0.1) is 0 Å². The van der Waals surface area contributed by atoms with Gasteiger partial charge in [-0.25, -0.2) is 4.79 Å². The molecule has 0 spiro atoms. The van der Waals surface area contributed by atoms with Crippen LogP contribution in [0.15, 0.2) is 18.2 Å². The first-order chi connectivity index (χ1) is 9.19. The van der Waals surface area contributed by atoms with Crippen LogP contribution in [0.2, 0.25) is 0 Å². The van der Waals surface area contributed by atoms with Crippen molar-refractivity contribution in [1.29, 1.82) is 0 Å². The molecule has 0 aromatic heterocycles. The highest BCUT2D eigenvalue weighted by Crippen LogP contribution is 2.27. The molecule has 0 atom stereocenters. The third kappa shape index (κ3) is 5.82. The SMILES string of the molecule is COc1cc(NC(=O)OC(C)(C)C)cc(OC(C)C)c1. The van der Waals surface area contributed by atoms with E-state index in [0.717, 1.165) is 0 Å². The third-order valence-electron chi connectivity index (χ3n) is 2.13. The van der Waals surface area contributed by atoms with E-state index in [9.17, 15) is 4.79 Å².